The number of aliphatic hydroxyl groups excluding tert-OH is 1. The fourth-order valence-corrected chi connectivity index (χ4v) is 2.41. The van der Waals surface area contributed by atoms with Crippen LogP contribution in [0.25, 0.3) is 0 Å². The first-order valence-electron chi connectivity index (χ1n) is 6.95. The predicted octanol–water partition coefficient (Wildman–Crippen LogP) is 1.38. The fourth-order valence-electron chi connectivity index (χ4n) is 2.41. The Labute approximate surface area is 122 Å². The van der Waals surface area contributed by atoms with Crippen LogP contribution in [0.15, 0.2) is 24.3 Å². The molecule has 1 saturated heterocycles. The first-order valence-corrected chi connectivity index (χ1v) is 6.95. The molecule has 0 bridgehead atoms. The van der Waals surface area contributed by atoms with Gasteiger partial charge in [0.2, 0.25) is 5.91 Å². The summed E-state index contributed by atoms with van der Waals surface area (Å²) in [5.41, 5.74) is 0.509. The molecule has 1 heterocycles. The predicted molar refractivity (Wildman–Crippen MR) is 78.0 cm³/mol. The molecule has 1 amide bonds. The van der Waals surface area contributed by atoms with Gasteiger partial charge < -0.3 is 10.4 Å². The number of nitrogens with one attached hydrogen (secondary N) is 1. The molecule has 2 N–H and O–H groups in total. The number of aliphatic hydroxyl groups is 1. The second kappa shape index (κ2) is 6.64. The van der Waals surface area contributed by atoms with E-state index in [1.54, 1.807) is 6.92 Å². The number of carbonyl (C=O) groups excluding carboxylic acids is 1. The highest BCUT2D eigenvalue weighted by atomic mass is 16.6. The number of hydrogen-bond donors (Lipinski definition) is 2. The number of β-amino-alcohol motifs (C(OH)–C–C–N with tert-alkyl or cyclic N) is 1. The number of piperidine rings is 1. The minimum absolute atomic E-state index is 0.0137. The average molecular weight is 293 g/mol. The van der Waals surface area contributed by atoms with E-state index in [2.05, 4.69) is 5.32 Å². The summed E-state index contributed by atoms with van der Waals surface area (Å²) in [4.78, 5) is 24.2. The summed E-state index contributed by atoms with van der Waals surface area (Å²) in [5.74, 6) is -0.182. The van der Waals surface area contributed by atoms with Gasteiger partial charge in [0.25, 0.3) is 5.69 Å². The number of benzene rings is 1. The van der Waals surface area contributed by atoms with Crippen molar-refractivity contribution in [2.45, 2.75) is 31.9 Å². The summed E-state index contributed by atoms with van der Waals surface area (Å²) >= 11 is 0. The number of hydrogen-bond acceptors (Lipinski definition) is 5. The zero-order chi connectivity index (χ0) is 15.4. The van der Waals surface area contributed by atoms with Gasteiger partial charge in [0.1, 0.15) is 0 Å². The van der Waals surface area contributed by atoms with Crippen LogP contribution in [-0.2, 0) is 4.79 Å². The molecule has 1 aliphatic rings. The molecule has 7 nitrogen and oxygen atoms in total. The number of non-ortho nitro benzene ring substituents is 1. The Balaban J connectivity index is 1.95. The molecule has 2 atom stereocenters. The number of likely N-dealkylation sites (tertiary alicyclic amines) is 1. The van der Waals surface area contributed by atoms with Gasteiger partial charge in [-0.05, 0) is 38.4 Å². The Hall–Kier alpha value is -1.99. The normalized spacial score (nSPS) is 20.8. The number of nitrogens with zero attached hydrogens (tertiary/aromatic N) is 2. The zero-order valence-electron chi connectivity index (χ0n) is 11.9. The third kappa shape index (κ3) is 3.99. The minimum Gasteiger partial charge on any atom is -0.392 e. The molecular weight excluding hydrogens is 274 g/mol. The van der Waals surface area contributed by atoms with Crippen LogP contribution in [0.2, 0.25) is 0 Å². The summed E-state index contributed by atoms with van der Waals surface area (Å²) in [6.45, 7) is 3.07. The molecule has 2 unspecified atom stereocenters. The van der Waals surface area contributed by atoms with E-state index < -0.39 is 4.92 Å². The summed E-state index contributed by atoms with van der Waals surface area (Å²) in [6, 6.07) is 5.37. The molecule has 0 saturated carbocycles. The highest BCUT2D eigenvalue weighted by Crippen LogP contribution is 2.17. The van der Waals surface area contributed by atoms with Crippen LogP contribution in [0.4, 0.5) is 11.4 Å². The van der Waals surface area contributed by atoms with Gasteiger partial charge >= 0.3 is 0 Å². The van der Waals surface area contributed by atoms with Crippen molar-refractivity contribution in [3.8, 4) is 0 Å². The van der Waals surface area contributed by atoms with Gasteiger partial charge in [-0.25, -0.2) is 0 Å². The van der Waals surface area contributed by atoms with Crippen molar-refractivity contribution < 1.29 is 14.8 Å². The van der Waals surface area contributed by atoms with Crippen LogP contribution in [0.3, 0.4) is 0 Å². The van der Waals surface area contributed by atoms with Crippen LogP contribution in [0.5, 0.6) is 0 Å². The van der Waals surface area contributed by atoms with Crippen molar-refractivity contribution >= 4 is 17.3 Å². The van der Waals surface area contributed by atoms with Crippen molar-refractivity contribution in [2.75, 3.05) is 18.4 Å². The molecule has 7 heteroatoms. The lowest BCUT2D eigenvalue weighted by molar-refractivity contribution is -0.384. The number of carbonyl (C=O) groups is 1. The highest BCUT2D eigenvalue weighted by molar-refractivity contribution is 5.94. The molecular formula is C14H19N3O4. The van der Waals surface area contributed by atoms with Crippen molar-refractivity contribution in [1.82, 2.24) is 4.90 Å². The van der Waals surface area contributed by atoms with Gasteiger partial charge in [-0.15, -0.1) is 0 Å². The van der Waals surface area contributed by atoms with Crippen molar-refractivity contribution in [1.29, 1.82) is 0 Å². The van der Waals surface area contributed by atoms with Crippen LogP contribution in [-0.4, -0.2) is 46.1 Å². The largest absolute Gasteiger partial charge is 0.392 e. The maximum absolute atomic E-state index is 12.2. The number of nitro benzene ring substituents is 1. The van der Waals surface area contributed by atoms with Crippen LogP contribution in [0, 0.1) is 10.1 Å². The van der Waals surface area contributed by atoms with Gasteiger partial charge in [0, 0.05) is 24.4 Å². The molecule has 21 heavy (non-hydrogen) atoms. The van der Waals surface area contributed by atoms with Crippen molar-refractivity contribution in [3.63, 3.8) is 0 Å². The van der Waals surface area contributed by atoms with Gasteiger partial charge in [0.15, 0.2) is 0 Å². The average Bonchev–Trinajstić information content (AvgIpc) is 2.47. The van der Waals surface area contributed by atoms with Crippen molar-refractivity contribution in [3.05, 3.63) is 34.4 Å². The molecule has 0 aliphatic carbocycles. The Bertz CT molecular complexity index is 517. The molecule has 0 aromatic heterocycles. The Kier molecular flexibility index (Phi) is 4.87. The topological polar surface area (TPSA) is 95.7 Å². The Morgan fingerprint density at radius 3 is 2.71 bits per heavy atom. The molecule has 0 spiro atoms. The maximum Gasteiger partial charge on any atom is 0.269 e. The zero-order valence-corrected chi connectivity index (χ0v) is 11.9. The first kappa shape index (κ1) is 15.4. The van der Waals surface area contributed by atoms with Gasteiger partial charge in [-0.3, -0.25) is 19.8 Å². The van der Waals surface area contributed by atoms with Gasteiger partial charge in [-0.2, -0.15) is 0 Å². The summed E-state index contributed by atoms with van der Waals surface area (Å²) in [7, 11) is 0. The highest BCUT2D eigenvalue weighted by Gasteiger charge is 2.26. The summed E-state index contributed by atoms with van der Waals surface area (Å²) in [5, 5.41) is 22.9. The second-order valence-corrected chi connectivity index (χ2v) is 5.26. The Morgan fingerprint density at radius 2 is 2.14 bits per heavy atom. The van der Waals surface area contributed by atoms with E-state index in [0.717, 1.165) is 19.4 Å². The number of anilines is 1. The molecule has 114 valence electrons. The summed E-state index contributed by atoms with van der Waals surface area (Å²) in [6.07, 6.45) is 1.26. The third-order valence-electron chi connectivity index (χ3n) is 3.70. The monoisotopic (exact) mass is 293 g/mol. The number of nitro groups is 1. The first-order chi connectivity index (χ1) is 9.97. The molecule has 1 aliphatic heterocycles. The van der Waals surface area contributed by atoms with E-state index in [4.69, 9.17) is 0 Å². The van der Waals surface area contributed by atoms with E-state index in [9.17, 15) is 20.0 Å². The van der Waals surface area contributed by atoms with Crippen LogP contribution in [0.1, 0.15) is 19.8 Å². The van der Waals surface area contributed by atoms with E-state index in [0.29, 0.717) is 12.2 Å². The minimum atomic E-state index is -0.483. The molecule has 1 aromatic carbocycles. The lowest BCUT2D eigenvalue weighted by atomic mass is 10.1. The smallest absolute Gasteiger partial charge is 0.269 e. The standard InChI is InChI=1S/C14H19N3O4/c1-10(16-8-2-3-13(18)9-16)14(19)15-11-4-6-12(7-5-11)17(20)21/h4-7,10,13,18H,2-3,8-9H2,1H3,(H,15,19). The van der Waals surface area contributed by atoms with Gasteiger partial charge in [-0.1, -0.05) is 0 Å². The molecule has 1 aromatic rings. The third-order valence-corrected chi connectivity index (χ3v) is 3.70. The molecule has 0 radical (unpaired) electrons. The maximum atomic E-state index is 12.2. The van der Waals surface area contributed by atoms with Gasteiger partial charge in [0.05, 0.1) is 17.1 Å². The van der Waals surface area contributed by atoms with Crippen molar-refractivity contribution in [2.24, 2.45) is 0 Å². The van der Waals surface area contributed by atoms with Crippen LogP contribution < -0.4 is 5.32 Å². The lowest BCUT2D eigenvalue weighted by Crippen LogP contribution is -2.48. The van der Waals surface area contributed by atoms with Crippen LogP contribution >= 0.6 is 0 Å². The summed E-state index contributed by atoms with van der Waals surface area (Å²) < 4.78 is 0. The van der Waals surface area contributed by atoms with E-state index in [1.165, 1.54) is 24.3 Å². The fraction of sp³-hybridized carbons (Fsp3) is 0.500. The quantitative estimate of drug-likeness (QED) is 0.646. The SMILES string of the molecule is CC(C(=O)Nc1ccc([N+](=O)[O-])cc1)N1CCCC(O)C1. The van der Waals surface area contributed by atoms with E-state index in [-0.39, 0.29) is 23.7 Å². The molecule has 2 rings (SSSR count). The second-order valence-electron chi connectivity index (χ2n) is 5.26. The number of amides is 1. The Morgan fingerprint density at radius 1 is 1.48 bits per heavy atom. The lowest BCUT2D eigenvalue weighted by Gasteiger charge is -2.33. The van der Waals surface area contributed by atoms with E-state index in [1.807, 2.05) is 4.90 Å². The van der Waals surface area contributed by atoms with E-state index >= 15 is 0 Å². The number of rotatable bonds is 4. The molecule has 1 fully saturated rings.